The molecule has 0 bridgehead atoms. The van der Waals surface area contributed by atoms with Gasteiger partial charge in [-0.05, 0) is 30.3 Å². The quantitative estimate of drug-likeness (QED) is 0.461. The Balaban J connectivity index is 1.70. The fourth-order valence-electron chi connectivity index (χ4n) is 2.79. The number of fused-ring (bicyclic) bond motifs is 2. The molecule has 0 spiro atoms. The van der Waals surface area contributed by atoms with Crippen LogP contribution >= 0.6 is 0 Å². The maximum atomic E-state index is 14.0. The molecular weight excluding hydrogens is 352 g/mol. The molecule has 2 aromatic heterocycles. The van der Waals surface area contributed by atoms with Gasteiger partial charge in [0.2, 0.25) is 0 Å². The first-order chi connectivity index (χ1) is 12.3. The number of hydrogen-bond acceptors (Lipinski definition) is 2. The molecule has 0 unspecified atom stereocenters. The maximum absolute atomic E-state index is 14.0. The molecule has 0 aliphatic rings. The lowest BCUT2D eigenvalue weighted by atomic mass is 10.1. The third-order valence-electron chi connectivity index (χ3n) is 4.01. The van der Waals surface area contributed by atoms with Crippen LogP contribution in [0.15, 0.2) is 42.6 Å². The minimum absolute atomic E-state index is 0.0788. The molecule has 2 heterocycles. The third kappa shape index (κ3) is 2.57. The molecule has 4 rings (SSSR count). The number of anilines is 1. The zero-order valence-electron chi connectivity index (χ0n) is 12.9. The van der Waals surface area contributed by atoms with Crippen molar-refractivity contribution in [3.63, 3.8) is 0 Å². The Hall–Kier alpha value is -3.36. The largest absolute Gasteiger partial charge is 0.416 e. The number of aromatic nitrogens is 3. The van der Waals surface area contributed by atoms with Crippen molar-refractivity contribution in [2.45, 2.75) is 6.18 Å². The molecule has 5 nitrogen and oxygen atoms in total. The zero-order chi connectivity index (χ0) is 18.5. The Kier molecular flexibility index (Phi) is 3.46. The highest BCUT2D eigenvalue weighted by Crippen LogP contribution is 2.32. The van der Waals surface area contributed by atoms with Gasteiger partial charge < -0.3 is 10.3 Å². The normalized spacial score (nSPS) is 12.0. The van der Waals surface area contributed by atoms with E-state index in [1.165, 1.54) is 24.4 Å². The number of alkyl halides is 3. The van der Waals surface area contributed by atoms with Crippen LogP contribution in [0.5, 0.6) is 0 Å². The summed E-state index contributed by atoms with van der Waals surface area (Å²) < 4.78 is 52.3. The van der Waals surface area contributed by atoms with Crippen LogP contribution in [0.2, 0.25) is 0 Å². The molecule has 0 saturated carbocycles. The van der Waals surface area contributed by atoms with Gasteiger partial charge in [0.25, 0.3) is 5.91 Å². The average molecular weight is 362 g/mol. The maximum Gasteiger partial charge on any atom is 0.416 e. The SMILES string of the molecule is O=C(Nc1c[nH]c2cccc(F)c12)c1n[nH]c2cc(C(F)(F)F)ccc12. The van der Waals surface area contributed by atoms with E-state index < -0.39 is 23.5 Å². The molecule has 9 heteroatoms. The molecular formula is C17H10F4N4O. The van der Waals surface area contributed by atoms with Gasteiger partial charge in [0.15, 0.2) is 5.69 Å². The van der Waals surface area contributed by atoms with Crippen LogP contribution in [0.1, 0.15) is 16.1 Å². The number of nitrogens with one attached hydrogen (secondary N) is 3. The average Bonchev–Trinajstić information content (AvgIpc) is 3.18. The first kappa shape index (κ1) is 16.1. The van der Waals surface area contributed by atoms with E-state index in [9.17, 15) is 22.4 Å². The molecule has 0 radical (unpaired) electrons. The van der Waals surface area contributed by atoms with E-state index in [-0.39, 0.29) is 27.7 Å². The van der Waals surface area contributed by atoms with E-state index in [1.54, 1.807) is 6.07 Å². The molecule has 2 aromatic carbocycles. The van der Waals surface area contributed by atoms with Gasteiger partial charge in [-0.1, -0.05) is 6.07 Å². The summed E-state index contributed by atoms with van der Waals surface area (Å²) in [6, 6.07) is 7.36. The number of rotatable bonds is 2. The second-order valence-corrected chi connectivity index (χ2v) is 5.65. The highest BCUT2D eigenvalue weighted by atomic mass is 19.4. The Morgan fingerprint density at radius 3 is 2.69 bits per heavy atom. The van der Waals surface area contributed by atoms with Crippen molar-refractivity contribution < 1.29 is 22.4 Å². The molecule has 0 atom stereocenters. The van der Waals surface area contributed by atoms with Gasteiger partial charge in [0.1, 0.15) is 5.82 Å². The van der Waals surface area contributed by atoms with Crippen LogP contribution in [-0.2, 0) is 6.18 Å². The monoisotopic (exact) mass is 362 g/mol. The van der Waals surface area contributed by atoms with Crippen LogP contribution in [0, 0.1) is 5.82 Å². The Morgan fingerprint density at radius 2 is 1.92 bits per heavy atom. The summed E-state index contributed by atoms with van der Waals surface area (Å²) in [6.07, 6.45) is -3.06. The van der Waals surface area contributed by atoms with Crippen LogP contribution in [0.25, 0.3) is 21.8 Å². The van der Waals surface area contributed by atoms with Crippen LogP contribution < -0.4 is 5.32 Å². The standard InChI is InChI=1S/C17H10F4N4O/c18-10-2-1-3-11-14(10)13(7-22-11)23-16(26)15-9-5-4-8(17(19,20)21)6-12(9)24-25-15/h1-7,22H,(H,23,26)(H,24,25). The van der Waals surface area contributed by atoms with Crippen LogP contribution in [-0.4, -0.2) is 21.1 Å². The van der Waals surface area contributed by atoms with Gasteiger partial charge in [-0.25, -0.2) is 4.39 Å². The van der Waals surface area contributed by atoms with Gasteiger partial charge in [0.05, 0.1) is 27.7 Å². The number of amides is 1. The summed E-state index contributed by atoms with van der Waals surface area (Å²) in [7, 11) is 0. The van der Waals surface area contributed by atoms with Gasteiger partial charge >= 0.3 is 6.18 Å². The molecule has 0 aliphatic carbocycles. The molecule has 132 valence electrons. The second-order valence-electron chi connectivity index (χ2n) is 5.65. The van der Waals surface area contributed by atoms with Crippen molar-refractivity contribution >= 4 is 33.4 Å². The first-order valence-corrected chi connectivity index (χ1v) is 7.47. The summed E-state index contributed by atoms with van der Waals surface area (Å²) in [4.78, 5) is 15.3. The predicted octanol–water partition coefficient (Wildman–Crippen LogP) is 4.45. The van der Waals surface area contributed by atoms with Crippen molar-refractivity contribution in [1.29, 1.82) is 0 Å². The highest BCUT2D eigenvalue weighted by molar-refractivity contribution is 6.13. The number of hydrogen-bond donors (Lipinski definition) is 3. The van der Waals surface area contributed by atoms with E-state index >= 15 is 0 Å². The Morgan fingerprint density at radius 1 is 1.12 bits per heavy atom. The lowest BCUT2D eigenvalue weighted by Gasteiger charge is -2.06. The van der Waals surface area contributed by atoms with Crippen molar-refractivity contribution in [2.24, 2.45) is 0 Å². The van der Waals surface area contributed by atoms with E-state index in [0.29, 0.717) is 5.52 Å². The summed E-state index contributed by atoms with van der Waals surface area (Å²) in [5.74, 6) is -1.18. The number of benzene rings is 2. The number of carbonyl (C=O) groups is 1. The second kappa shape index (κ2) is 5.58. The first-order valence-electron chi connectivity index (χ1n) is 7.47. The lowest BCUT2D eigenvalue weighted by Crippen LogP contribution is -2.12. The molecule has 0 saturated heterocycles. The van der Waals surface area contributed by atoms with Crippen molar-refractivity contribution in [1.82, 2.24) is 15.2 Å². The van der Waals surface area contributed by atoms with Gasteiger partial charge in [-0.15, -0.1) is 0 Å². The number of aromatic amines is 2. The fraction of sp³-hybridized carbons (Fsp3) is 0.0588. The van der Waals surface area contributed by atoms with Crippen molar-refractivity contribution in [3.8, 4) is 0 Å². The van der Waals surface area contributed by atoms with Gasteiger partial charge in [-0.3, -0.25) is 9.89 Å². The minimum atomic E-state index is -4.50. The fourth-order valence-corrected chi connectivity index (χ4v) is 2.79. The third-order valence-corrected chi connectivity index (χ3v) is 4.01. The topological polar surface area (TPSA) is 73.6 Å². The Bertz CT molecular complexity index is 1140. The lowest BCUT2D eigenvalue weighted by molar-refractivity contribution is -0.137. The minimum Gasteiger partial charge on any atom is -0.359 e. The molecule has 0 fully saturated rings. The van der Waals surface area contributed by atoms with E-state index in [1.807, 2.05) is 0 Å². The summed E-state index contributed by atoms with van der Waals surface area (Å²) in [6.45, 7) is 0. The number of carbonyl (C=O) groups excluding carboxylic acids is 1. The summed E-state index contributed by atoms with van der Waals surface area (Å²) in [5, 5.41) is 9.18. The number of nitrogens with zero attached hydrogens (tertiary/aromatic N) is 1. The smallest absolute Gasteiger partial charge is 0.359 e. The van der Waals surface area contributed by atoms with Gasteiger partial charge in [0, 0.05) is 11.6 Å². The molecule has 26 heavy (non-hydrogen) atoms. The van der Waals surface area contributed by atoms with Crippen molar-refractivity contribution in [3.05, 3.63) is 59.7 Å². The molecule has 4 aromatic rings. The predicted molar refractivity (Wildman–Crippen MR) is 87.3 cm³/mol. The summed E-state index contributed by atoms with van der Waals surface area (Å²) in [5.41, 5.74) is -0.137. The number of halogens is 4. The Labute approximate surface area is 143 Å². The highest BCUT2D eigenvalue weighted by Gasteiger charge is 2.31. The molecule has 1 amide bonds. The van der Waals surface area contributed by atoms with E-state index in [0.717, 1.165) is 12.1 Å². The van der Waals surface area contributed by atoms with E-state index in [2.05, 4.69) is 20.5 Å². The number of H-pyrrole nitrogens is 2. The zero-order valence-corrected chi connectivity index (χ0v) is 12.9. The van der Waals surface area contributed by atoms with Crippen molar-refractivity contribution in [2.75, 3.05) is 5.32 Å². The summed E-state index contributed by atoms with van der Waals surface area (Å²) >= 11 is 0. The van der Waals surface area contributed by atoms with Crippen LogP contribution in [0.4, 0.5) is 23.2 Å². The van der Waals surface area contributed by atoms with E-state index in [4.69, 9.17) is 0 Å². The van der Waals surface area contributed by atoms with Gasteiger partial charge in [-0.2, -0.15) is 18.3 Å². The molecule has 3 N–H and O–H groups in total. The molecule has 0 aliphatic heterocycles. The van der Waals surface area contributed by atoms with Crippen LogP contribution in [0.3, 0.4) is 0 Å².